The maximum atomic E-state index is 12.7. The molecule has 1 aromatic carbocycles. The number of halogens is 4. The fraction of sp³-hybridized carbons (Fsp3) is 0. The van der Waals surface area contributed by atoms with Gasteiger partial charge in [-0.25, -0.2) is 13.3 Å². The number of phenols is 1. The Morgan fingerprint density at radius 2 is 1.22 bits per heavy atom. The summed E-state index contributed by atoms with van der Waals surface area (Å²) in [6, 6.07) is 0. The van der Waals surface area contributed by atoms with Crippen molar-refractivity contribution in [3.05, 3.63) is 35.4 Å². The first-order valence-electron chi connectivity index (χ1n) is 3.96. The molecule has 0 radical (unpaired) electrons. The van der Waals surface area contributed by atoms with Gasteiger partial charge in [-0.05, 0) is 0 Å². The summed E-state index contributed by atoms with van der Waals surface area (Å²) in [5.41, 5.74) is -0.937. The van der Waals surface area contributed by atoms with Gasteiger partial charge in [-0.1, -0.05) is 12.7 Å². The fourth-order valence-electron chi connectivity index (χ4n) is 0.816. The Kier molecular flexibility index (Phi) is 5.50. The summed E-state index contributed by atoms with van der Waals surface area (Å²) in [4.78, 5) is 21.6. The van der Waals surface area contributed by atoms with E-state index in [9.17, 15) is 17.6 Å². The third kappa shape index (κ3) is 4.46. The molecular weight excluding hydrogens is 283 g/mol. The van der Waals surface area contributed by atoms with Crippen LogP contribution in [0, 0.1) is 23.3 Å². The Morgan fingerprint density at radius 1 is 0.944 bits per heavy atom. The van der Waals surface area contributed by atoms with E-state index in [2.05, 4.69) is 6.58 Å². The number of phosphoric acid groups is 1. The normalized spacial score (nSPS) is 10.6. The van der Waals surface area contributed by atoms with Gasteiger partial charge in [-0.3, -0.25) is 0 Å². The molecule has 0 atom stereocenters. The van der Waals surface area contributed by atoms with Crippen molar-refractivity contribution < 1.29 is 41.9 Å². The first kappa shape index (κ1) is 16.6. The van der Waals surface area contributed by atoms with E-state index in [1.54, 1.807) is 0 Å². The van der Waals surface area contributed by atoms with E-state index < -0.39 is 42.4 Å². The number of hydrogen-bond acceptors (Lipinski definition) is 2. The Labute approximate surface area is 97.9 Å². The zero-order chi connectivity index (χ0) is 14.7. The second-order valence-corrected chi connectivity index (χ2v) is 3.76. The number of phenolic OH excluding ortho intramolecular Hbond substituents is 1. The van der Waals surface area contributed by atoms with Crippen LogP contribution in [0.25, 0.3) is 6.08 Å². The van der Waals surface area contributed by atoms with Crippen LogP contribution in [-0.2, 0) is 4.57 Å². The van der Waals surface area contributed by atoms with Gasteiger partial charge in [-0.2, -0.15) is 8.78 Å². The lowest BCUT2D eigenvalue weighted by atomic mass is 10.1. The first-order chi connectivity index (χ1) is 8.00. The van der Waals surface area contributed by atoms with Crippen LogP contribution in [0.5, 0.6) is 5.75 Å². The second kappa shape index (κ2) is 5.96. The van der Waals surface area contributed by atoms with E-state index in [1.807, 2.05) is 0 Å². The van der Waals surface area contributed by atoms with Crippen molar-refractivity contribution in [1.82, 2.24) is 0 Å². The molecule has 0 aliphatic carbocycles. The number of hydrogen-bond donors (Lipinski definition) is 4. The van der Waals surface area contributed by atoms with E-state index in [4.69, 9.17) is 24.4 Å². The van der Waals surface area contributed by atoms with Gasteiger partial charge >= 0.3 is 7.82 Å². The largest absolute Gasteiger partial charge is 0.503 e. The van der Waals surface area contributed by atoms with E-state index >= 15 is 0 Å². The molecule has 0 fully saturated rings. The standard InChI is InChI=1S/C8H4F4O.H3O4P/c1-2-3-4(9)6(11)8(13)7(12)5(3)10;1-5(2,3)4/h2,13H,1H2;(H3,1,2,3,4). The highest BCUT2D eigenvalue weighted by Gasteiger charge is 2.23. The molecule has 1 rings (SSSR count). The van der Waals surface area contributed by atoms with E-state index in [0.717, 1.165) is 0 Å². The minimum absolute atomic E-state index is 0.621. The van der Waals surface area contributed by atoms with Crippen LogP contribution in [0.3, 0.4) is 0 Å². The van der Waals surface area contributed by atoms with Gasteiger partial charge in [0.05, 0.1) is 5.56 Å². The van der Waals surface area contributed by atoms with Crippen molar-refractivity contribution in [2.45, 2.75) is 0 Å². The quantitative estimate of drug-likeness (QED) is 0.358. The molecule has 102 valence electrons. The molecule has 0 saturated carbocycles. The molecule has 0 heterocycles. The number of rotatable bonds is 1. The van der Waals surface area contributed by atoms with E-state index in [-0.39, 0.29) is 0 Å². The minimum Gasteiger partial charge on any atom is -0.503 e. The van der Waals surface area contributed by atoms with Gasteiger partial charge in [0.2, 0.25) is 11.6 Å². The molecule has 5 nitrogen and oxygen atoms in total. The van der Waals surface area contributed by atoms with Crippen LogP contribution in [0.4, 0.5) is 17.6 Å². The van der Waals surface area contributed by atoms with Gasteiger partial charge in [0, 0.05) is 0 Å². The summed E-state index contributed by atoms with van der Waals surface area (Å²) in [6.45, 7) is 2.97. The monoisotopic (exact) mass is 290 g/mol. The molecule has 0 amide bonds. The van der Waals surface area contributed by atoms with Crippen LogP contribution >= 0.6 is 7.82 Å². The third-order valence-electron chi connectivity index (χ3n) is 1.48. The summed E-state index contributed by atoms with van der Waals surface area (Å²) in [6.07, 6.45) is 0.621. The summed E-state index contributed by atoms with van der Waals surface area (Å²) >= 11 is 0. The molecule has 0 bridgehead atoms. The third-order valence-corrected chi connectivity index (χ3v) is 1.48. The fourth-order valence-corrected chi connectivity index (χ4v) is 0.816. The first-order valence-corrected chi connectivity index (χ1v) is 5.52. The molecule has 0 saturated heterocycles. The maximum absolute atomic E-state index is 12.7. The summed E-state index contributed by atoms with van der Waals surface area (Å²) in [5, 5.41) is 8.52. The van der Waals surface area contributed by atoms with Gasteiger partial charge in [-0.15, -0.1) is 0 Å². The Balaban J connectivity index is 0.000000494. The van der Waals surface area contributed by atoms with Gasteiger partial charge < -0.3 is 19.8 Å². The van der Waals surface area contributed by atoms with Crippen LogP contribution < -0.4 is 0 Å². The van der Waals surface area contributed by atoms with Crippen molar-refractivity contribution in [3.8, 4) is 5.75 Å². The van der Waals surface area contributed by atoms with Gasteiger partial charge in [0.25, 0.3) is 0 Å². The lowest BCUT2D eigenvalue weighted by molar-refractivity contribution is 0.275. The summed E-state index contributed by atoms with van der Waals surface area (Å²) in [7, 11) is -4.64. The number of aromatic hydroxyl groups is 1. The Bertz CT molecular complexity index is 475. The Hall–Kier alpha value is -1.41. The van der Waals surface area contributed by atoms with Crippen LogP contribution in [0.15, 0.2) is 6.58 Å². The maximum Gasteiger partial charge on any atom is 0.466 e. The summed E-state index contributed by atoms with van der Waals surface area (Å²) in [5.74, 6) is -8.64. The van der Waals surface area contributed by atoms with Crippen LogP contribution in [-0.4, -0.2) is 19.8 Å². The van der Waals surface area contributed by atoms with Gasteiger partial charge in [0.15, 0.2) is 17.4 Å². The van der Waals surface area contributed by atoms with Crippen molar-refractivity contribution in [2.75, 3.05) is 0 Å². The second-order valence-electron chi connectivity index (χ2n) is 2.74. The number of benzene rings is 1. The predicted molar refractivity (Wildman–Crippen MR) is 52.3 cm³/mol. The van der Waals surface area contributed by atoms with Crippen LogP contribution in [0.2, 0.25) is 0 Å². The molecule has 0 aliphatic heterocycles. The average Bonchev–Trinajstić information content (AvgIpc) is 2.22. The summed E-state index contributed by atoms with van der Waals surface area (Å²) < 4.78 is 59.3. The highest BCUT2D eigenvalue weighted by atomic mass is 31.2. The van der Waals surface area contributed by atoms with Crippen molar-refractivity contribution in [3.63, 3.8) is 0 Å². The SMILES string of the molecule is C=Cc1c(F)c(F)c(O)c(F)c1F.O=P(O)(O)O. The zero-order valence-electron chi connectivity index (χ0n) is 8.44. The van der Waals surface area contributed by atoms with Crippen molar-refractivity contribution >= 4 is 13.9 Å². The van der Waals surface area contributed by atoms with Crippen molar-refractivity contribution in [2.24, 2.45) is 0 Å². The smallest absolute Gasteiger partial charge is 0.466 e. The van der Waals surface area contributed by atoms with Crippen LogP contribution in [0.1, 0.15) is 5.56 Å². The van der Waals surface area contributed by atoms with E-state index in [1.165, 1.54) is 0 Å². The van der Waals surface area contributed by atoms with Crippen molar-refractivity contribution in [1.29, 1.82) is 0 Å². The topological polar surface area (TPSA) is 98.0 Å². The minimum atomic E-state index is -4.64. The molecule has 10 heteroatoms. The molecule has 4 N–H and O–H groups in total. The van der Waals surface area contributed by atoms with Gasteiger partial charge in [0.1, 0.15) is 0 Å². The predicted octanol–water partition coefficient (Wildman–Crippen LogP) is 1.66. The Morgan fingerprint density at radius 3 is 1.44 bits per heavy atom. The highest BCUT2D eigenvalue weighted by molar-refractivity contribution is 7.45. The molecule has 0 unspecified atom stereocenters. The highest BCUT2D eigenvalue weighted by Crippen LogP contribution is 2.29. The van der Waals surface area contributed by atoms with E-state index in [0.29, 0.717) is 6.08 Å². The molecule has 0 aromatic heterocycles. The molecular formula is C8H7F4O5P. The lowest BCUT2D eigenvalue weighted by Crippen LogP contribution is -1.99. The molecule has 0 aliphatic rings. The average molecular weight is 290 g/mol. The molecule has 1 aromatic rings. The molecule has 0 spiro atoms. The molecule has 18 heavy (non-hydrogen) atoms. The lowest BCUT2D eigenvalue weighted by Gasteiger charge is -2.04. The zero-order valence-corrected chi connectivity index (χ0v) is 9.34.